The summed E-state index contributed by atoms with van der Waals surface area (Å²) < 4.78 is 0. The highest BCUT2D eigenvalue weighted by atomic mass is 32.4. The lowest BCUT2D eigenvalue weighted by Crippen LogP contribution is -2.43. The van der Waals surface area contributed by atoms with E-state index in [9.17, 15) is 0 Å². The van der Waals surface area contributed by atoms with Gasteiger partial charge in [0.2, 0.25) is 0 Å². The minimum atomic E-state index is -1.72. The van der Waals surface area contributed by atoms with Crippen LogP contribution in [0.1, 0.15) is 32.6 Å². The van der Waals surface area contributed by atoms with Gasteiger partial charge in [-0.1, -0.05) is 19.8 Å². The van der Waals surface area contributed by atoms with E-state index in [-0.39, 0.29) is 0 Å². The molecule has 82 valence electrons. The molecule has 1 atom stereocenters. The van der Waals surface area contributed by atoms with Crippen LogP contribution in [0, 0.1) is 5.92 Å². The highest BCUT2D eigenvalue weighted by Gasteiger charge is 2.46. The van der Waals surface area contributed by atoms with E-state index in [0.29, 0.717) is 0 Å². The fraction of sp³-hybridized carbons (Fsp3) is 1.00. The molecule has 0 bridgehead atoms. The molecule has 13 heavy (non-hydrogen) atoms. The number of rotatable bonds is 2. The first-order valence-corrected chi connectivity index (χ1v) is 10.1. The summed E-state index contributed by atoms with van der Waals surface area (Å²) in [6.45, 7) is 2.50. The lowest BCUT2D eigenvalue weighted by Gasteiger charge is -2.72. The van der Waals surface area contributed by atoms with E-state index in [0.717, 1.165) is 11.2 Å². The lowest BCUT2D eigenvalue weighted by molar-refractivity contribution is 0.534. The first-order valence-electron chi connectivity index (χ1n) is 5.50. The second-order valence-corrected chi connectivity index (χ2v) is 19.3. The van der Waals surface area contributed by atoms with Crippen LogP contribution in [0.15, 0.2) is 0 Å². The SMILES string of the molecule is CC(C1CCCC1)S(C)(C)(C)(C)C. The smallest absolute Gasteiger partial charge is 0.0229 e. The van der Waals surface area contributed by atoms with Crippen molar-refractivity contribution in [3.63, 3.8) is 0 Å². The van der Waals surface area contributed by atoms with E-state index in [2.05, 4.69) is 38.2 Å². The van der Waals surface area contributed by atoms with E-state index in [1.165, 1.54) is 25.7 Å². The summed E-state index contributed by atoms with van der Waals surface area (Å²) in [5.74, 6) is 1.01. The van der Waals surface area contributed by atoms with Crippen LogP contribution in [0.2, 0.25) is 0 Å². The standard InChI is InChI=1S/C12H28S/c1-11(12-9-7-8-10-12)13(2,3,4,5)6/h11-12H,7-10H2,1-6H3. The average molecular weight is 204 g/mol. The monoisotopic (exact) mass is 204 g/mol. The largest absolute Gasteiger partial charge is 0.284 e. The highest BCUT2D eigenvalue weighted by Crippen LogP contribution is 2.80. The van der Waals surface area contributed by atoms with Gasteiger partial charge in [-0.2, -0.15) is 0 Å². The molecule has 1 heteroatoms. The second kappa shape index (κ2) is 2.48. The minimum Gasteiger partial charge on any atom is -0.284 e. The van der Waals surface area contributed by atoms with Crippen molar-refractivity contribution in [3.8, 4) is 0 Å². The van der Waals surface area contributed by atoms with Crippen LogP contribution >= 0.6 is 8.29 Å². The Morgan fingerprint density at radius 2 is 1.31 bits per heavy atom. The molecule has 1 unspecified atom stereocenters. The van der Waals surface area contributed by atoms with Crippen molar-refractivity contribution in [2.75, 3.05) is 31.3 Å². The first kappa shape index (κ1) is 11.4. The second-order valence-electron chi connectivity index (χ2n) is 8.01. The van der Waals surface area contributed by atoms with Crippen molar-refractivity contribution in [2.24, 2.45) is 5.92 Å². The molecule has 1 aliphatic carbocycles. The molecular formula is C12H28S. The summed E-state index contributed by atoms with van der Waals surface area (Å²) in [5, 5.41) is 0.919. The molecule has 0 aliphatic heterocycles. The lowest BCUT2D eigenvalue weighted by atomic mass is 10.1. The fourth-order valence-electron chi connectivity index (χ4n) is 2.39. The first-order chi connectivity index (χ1) is 5.50. The third kappa shape index (κ3) is 2.90. The van der Waals surface area contributed by atoms with Gasteiger partial charge in [0.15, 0.2) is 0 Å². The minimum absolute atomic E-state index is 0.919. The summed E-state index contributed by atoms with van der Waals surface area (Å²) in [4.78, 5) is 0. The Balaban J connectivity index is 2.83. The van der Waals surface area contributed by atoms with Gasteiger partial charge in [-0.25, -0.2) is 0 Å². The predicted octanol–water partition coefficient (Wildman–Crippen LogP) is 3.59. The van der Waals surface area contributed by atoms with E-state index >= 15 is 0 Å². The van der Waals surface area contributed by atoms with Crippen LogP contribution in [0.4, 0.5) is 0 Å². The van der Waals surface area contributed by atoms with Crippen LogP contribution in [0.5, 0.6) is 0 Å². The maximum atomic E-state index is 2.53. The van der Waals surface area contributed by atoms with Crippen molar-refractivity contribution in [1.82, 2.24) is 0 Å². The molecule has 0 N–H and O–H groups in total. The Morgan fingerprint density at radius 1 is 0.923 bits per heavy atom. The zero-order chi connectivity index (χ0) is 10.4. The van der Waals surface area contributed by atoms with Crippen LogP contribution in [0.3, 0.4) is 0 Å². The van der Waals surface area contributed by atoms with Crippen molar-refractivity contribution in [1.29, 1.82) is 0 Å². The molecule has 0 radical (unpaired) electrons. The van der Waals surface area contributed by atoms with Crippen LogP contribution < -0.4 is 0 Å². The van der Waals surface area contributed by atoms with Gasteiger partial charge in [0, 0.05) is 0 Å². The normalized spacial score (nSPS) is 28.2. The van der Waals surface area contributed by atoms with E-state index in [1.807, 2.05) is 0 Å². The average Bonchev–Trinajstić information content (AvgIpc) is 2.30. The van der Waals surface area contributed by atoms with Crippen molar-refractivity contribution in [3.05, 3.63) is 0 Å². The molecule has 0 aromatic rings. The topological polar surface area (TPSA) is 0 Å². The van der Waals surface area contributed by atoms with Crippen LogP contribution in [0.25, 0.3) is 0 Å². The van der Waals surface area contributed by atoms with Gasteiger partial charge in [0.25, 0.3) is 0 Å². The highest BCUT2D eigenvalue weighted by molar-refractivity contribution is 8.62. The Hall–Kier alpha value is 0.350. The molecule has 0 aromatic carbocycles. The van der Waals surface area contributed by atoms with Crippen LogP contribution in [-0.4, -0.2) is 36.5 Å². The van der Waals surface area contributed by atoms with E-state index in [4.69, 9.17) is 0 Å². The zero-order valence-corrected chi connectivity index (χ0v) is 11.2. The van der Waals surface area contributed by atoms with Gasteiger partial charge in [0.05, 0.1) is 0 Å². The van der Waals surface area contributed by atoms with Crippen molar-refractivity contribution in [2.45, 2.75) is 37.9 Å². The maximum Gasteiger partial charge on any atom is -0.0229 e. The third-order valence-electron chi connectivity index (χ3n) is 3.92. The molecule has 1 rings (SSSR count). The molecule has 1 aliphatic rings. The van der Waals surface area contributed by atoms with Gasteiger partial charge in [-0.05, 0) is 55.3 Å². The summed E-state index contributed by atoms with van der Waals surface area (Å²) in [6.07, 6.45) is 18.6. The van der Waals surface area contributed by atoms with Crippen molar-refractivity contribution < 1.29 is 0 Å². The molecular weight excluding hydrogens is 176 g/mol. The molecule has 0 saturated heterocycles. The number of hydrogen-bond donors (Lipinski definition) is 0. The molecule has 0 aromatic heterocycles. The van der Waals surface area contributed by atoms with Gasteiger partial charge in [-0.3, -0.25) is 8.29 Å². The number of hydrogen-bond acceptors (Lipinski definition) is 0. The fourth-order valence-corrected chi connectivity index (χ4v) is 4.59. The molecule has 0 heterocycles. The summed E-state index contributed by atoms with van der Waals surface area (Å²) in [6, 6.07) is 0. The molecule has 1 fully saturated rings. The molecule has 0 spiro atoms. The summed E-state index contributed by atoms with van der Waals surface area (Å²) in [7, 11) is -1.72. The summed E-state index contributed by atoms with van der Waals surface area (Å²) in [5.41, 5.74) is 0. The van der Waals surface area contributed by atoms with Gasteiger partial charge in [-0.15, -0.1) is 0 Å². The van der Waals surface area contributed by atoms with Gasteiger partial charge < -0.3 is 0 Å². The quantitative estimate of drug-likeness (QED) is 0.645. The zero-order valence-electron chi connectivity index (χ0n) is 10.4. The Bertz CT molecular complexity index is 186. The molecule has 0 amide bonds. The maximum absolute atomic E-state index is 2.53. The van der Waals surface area contributed by atoms with Crippen molar-refractivity contribution >= 4 is 8.29 Å². The Morgan fingerprint density at radius 3 is 1.62 bits per heavy atom. The van der Waals surface area contributed by atoms with Crippen LogP contribution in [-0.2, 0) is 0 Å². The van der Waals surface area contributed by atoms with E-state index in [1.54, 1.807) is 0 Å². The summed E-state index contributed by atoms with van der Waals surface area (Å²) >= 11 is 0. The Kier molecular flexibility index (Phi) is 2.18. The van der Waals surface area contributed by atoms with E-state index < -0.39 is 8.29 Å². The Labute approximate surface area is 83.7 Å². The predicted molar refractivity (Wildman–Crippen MR) is 68.6 cm³/mol. The third-order valence-corrected chi connectivity index (χ3v) is 8.03. The molecule has 0 nitrogen and oxygen atoms in total. The molecule has 1 saturated carbocycles. The van der Waals surface area contributed by atoms with Gasteiger partial charge in [0.1, 0.15) is 0 Å². The van der Waals surface area contributed by atoms with Gasteiger partial charge >= 0.3 is 0 Å².